The zero-order valence-corrected chi connectivity index (χ0v) is 8.31. The van der Waals surface area contributed by atoms with E-state index in [1.165, 1.54) is 0 Å². The molecule has 0 amide bonds. The van der Waals surface area contributed by atoms with Crippen molar-refractivity contribution in [1.29, 1.82) is 0 Å². The molecule has 0 rings (SSSR count). The molecule has 0 radical (unpaired) electrons. The fourth-order valence-electron chi connectivity index (χ4n) is 0.798. The van der Waals surface area contributed by atoms with Gasteiger partial charge in [0.25, 0.3) is 0 Å². The number of hydrogen-bond acceptors (Lipinski definition) is 1. The van der Waals surface area contributed by atoms with E-state index in [0.29, 0.717) is 6.61 Å². The molecule has 0 aromatic carbocycles. The zero-order valence-electron chi connectivity index (χ0n) is 8.31. The van der Waals surface area contributed by atoms with Gasteiger partial charge in [0.1, 0.15) is 0 Å². The summed E-state index contributed by atoms with van der Waals surface area (Å²) in [6.45, 7) is 15.0. The molecule has 0 atom stereocenters. The fourth-order valence-corrected chi connectivity index (χ4v) is 0.798. The lowest BCUT2D eigenvalue weighted by Gasteiger charge is -2.06. The molecule has 12 heavy (non-hydrogen) atoms. The van der Waals surface area contributed by atoms with Gasteiger partial charge in [0.05, 0.1) is 6.61 Å². The molecular formula is C11H18O. The third-order valence-electron chi connectivity index (χ3n) is 1.43. The van der Waals surface area contributed by atoms with Crippen LogP contribution in [-0.4, -0.2) is 13.2 Å². The van der Waals surface area contributed by atoms with Gasteiger partial charge in [-0.25, -0.2) is 0 Å². The van der Waals surface area contributed by atoms with Crippen LogP contribution in [0, 0.1) is 0 Å². The molecule has 0 aromatic rings. The molecule has 0 saturated carbocycles. The van der Waals surface area contributed by atoms with Crippen molar-refractivity contribution in [3.8, 4) is 0 Å². The van der Waals surface area contributed by atoms with Gasteiger partial charge in [0.2, 0.25) is 0 Å². The van der Waals surface area contributed by atoms with Gasteiger partial charge in [0, 0.05) is 6.61 Å². The Kier molecular flexibility index (Phi) is 5.39. The summed E-state index contributed by atoms with van der Waals surface area (Å²) in [4.78, 5) is 0. The maximum Gasteiger partial charge on any atom is 0.0719 e. The molecule has 0 heterocycles. The molecule has 0 saturated heterocycles. The predicted octanol–water partition coefficient (Wildman–Crippen LogP) is 3.10. The van der Waals surface area contributed by atoms with Crippen molar-refractivity contribution in [3.63, 3.8) is 0 Å². The Morgan fingerprint density at radius 2 is 1.92 bits per heavy atom. The molecule has 0 bridgehead atoms. The Morgan fingerprint density at radius 1 is 1.33 bits per heavy atom. The third kappa shape index (κ3) is 4.91. The van der Waals surface area contributed by atoms with Crippen LogP contribution in [0.3, 0.4) is 0 Å². The maximum atomic E-state index is 5.29. The molecule has 0 aliphatic heterocycles. The highest BCUT2D eigenvalue weighted by Crippen LogP contribution is 2.09. The van der Waals surface area contributed by atoms with E-state index in [1.807, 2.05) is 26.8 Å². The van der Waals surface area contributed by atoms with Gasteiger partial charge < -0.3 is 4.74 Å². The van der Waals surface area contributed by atoms with Crippen LogP contribution in [0.1, 0.15) is 20.8 Å². The van der Waals surface area contributed by atoms with Crippen molar-refractivity contribution in [1.82, 2.24) is 0 Å². The van der Waals surface area contributed by atoms with E-state index in [2.05, 4.69) is 13.2 Å². The Bertz CT molecular complexity index is 199. The van der Waals surface area contributed by atoms with Crippen molar-refractivity contribution in [2.75, 3.05) is 13.2 Å². The van der Waals surface area contributed by atoms with E-state index in [1.54, 1.807) is 0 Å². The number of ether oxygens (including phenoxy) is 1. The SMILES string of the molecule is C=C(C)/C=C(/COCC)C(=C)C. The van der Waals surface area contributed by atoms with Crippen molar-refractivity contribution in [3.05, 3.63) is 36.0 Å². The first-order valence-corrected chi connectivity index (χ1v) is 4.17. The Hall–Kier alpha value is -0.820. The van der Waals surface area contributed by atoms with E-state index in [4.69, 9.17) is 4.74 Å². The molecule has 0 unspecified atom stereocenters. The minimum absolute atomic E-state index is 0.638. The van der Waals surface area contributed by atoms with Gasteiger partial charge in [-0.1, -0.05) is 30.4 Å². The number of rotatable bonds is 5. The number of allylic oxidation sites excluding steroid dienone is 2. The average molecular weight is 166 g/mol. The molecule has 0 N–H and O–H groups in total. The molecule has 0 aliphatic rings. The second-order valence-electron chi connectivity index (χ2n) is 2.93. The summed E-state index contributed by atoms with van der Waals surface area (Å²) in [5, 5.41) is 0. The zero-order chi connectivity index (χ0) is 9.56. The lowest BCUT2D eigenvalue weighted by atomic mass is 10.1. The van der Waals surface area contributed by atoms with Crippen molar-refractivity contribution in [2.24, 2.45) is 0 Å². The van der Waals surface area contributed by atoms with E-state index in [-0.39, 0.29) is 0 Å². The van der Waals surface area contributed by atoms with Crippen molar-refractivity contribution in [2.45, 2.75) is 20.8 Å². The number of hydrogen-bond donors (Lipinski definition) is 0. The van der Waals surface area contributed by atoms with Gasteiger partial charge in [-0.15, -0.1) is 0 Å². The smallest absolute Gasteiger partial charge is 0.0719 e. The summed E-state index contributed by atoms with van der Waals surface area (Å²) in [6.07, 6.45) is 2.01. The summed E-state index contributed by atoms with van der Waals surface area (Å²) in [7, 11) is 0. The van der Waals surface area contributed by atoms with Crippen LogP contribution in [0.2, 0.25) is 0 Å². The van der Waals surface area contributed by atoms with E-state index >= 15 is 0 Å². The largest absolute Gasteiger partial charge is 0.377 e. The van der Waals surface area contributed by atoms with Crippen LogP contribution in [0.25, 0.3) is 0 Å². The van der Waals surface area contributed by atoms with E-state index in [9.17, 15) is 0 Å². The van der Waals surface area contributed by atoms with Gasteiger partial charge in [-0.3, -0.25) is 0 Å². The minimum Gasteiger partial charge on any atom is -0.377 e. The minimum atomic E-state index is 0.638. The summed E-state index contributed by atoms with van der Waals surface area (Å²) in [6, 6.07) is 0. The standard InChI is InChI=1S/C11H18O/c1-6-12-8-11(10(4)5)7-9(2)3/h7H,2,4,6,8H2,1,3,5H3/b11-7-. The normalized spacial score (nSPS) is 11.4. The molecule has 0 spiro atoms. The molecule has 1 nitrogen and oxygen atoms in total. The lowest BCUT2D eigenvalue weighted by molar-refractivity contribution is 0.172. The molecule has 0 aromatic heterocycles. The molecule has 68 valence electrons. The molecular weight excluding hydrogens is 148 g/mol. The van der Waals surface area contributed by atoms with Crippen LogP contribution in [0.4, 0.5) is 0 Å². The van der Waals surface area contributed by atoms with Crippen LogP contribution in [-0.2, 0) is 4.74 Å². The average Bonchev–Trinajstić information content (AvgIpc) is 1.96. The second-order valence-corrected chi connectivity index (χ2v) is 2.93. The molecule has 1 heteroatoms. The Balaban J connectivity index is 4.23. The van der Waals surface area contributed by atoms with E-state index in [0.717, 1.165) is 23.3 Å². The van der Waals surface area contributed by atoms with Crippen LogP contribution >= 0.6 is 0 Å². The van der Waals surface area contributed by atoms with Crippen molar-refractivity contribution >= 4 is 0 Å². The molecule has 0 fully saturated rings. The fraction of sp³-hybridized carbons (Fsp3) is 0.455. The highest BCUT2D eigenvalue weighted by atomic mass is 16.5. The van der Waals surface area contributed by atoms with Crippen LogP contribution in [0.15, 0.2) is 36.0 Å². The lowest BCUT2D eigenvalue weighted by Crippen LogP contribution is -1.98. The first-order valence-electron chi connectivity index (χ1n) is 4.17. The first-order chi connectivity index (χ1) is 5.57. The van der Waals surface area contributed by atoms with Gasteiger partial charge >= 0.3 is 0 Å². The monoisotopic (exact) mass is 166 g/mol. The predicted molar refractivity (Wildman–Crippen MR) is 54.2 cm³/mol. The molecule has 0 aliphatic carbocycles. The Labute approximate surface area is 75.4 Å². The van der Waals surface area contributed by atoms with Gasteiger partial charge in [-0.2, -0.15) is 0 Å². The van der Waals surface area contributed by atoms with Crippen LogP contribution < -0.4 is 0 Å². The van der Waals surface area contributed by atoms with Crippen molar-refractivity contribution < 1.29 is 4.74 Å². The van der Waals surface area contributed by atoms with Gasteiger partial charge in [0.15, 0.2) is 0 Å². The van der Waals surface area contributed by atoms with E-state index < -0.39 is 0 Å². The quantitative estimate of drug-likeness (QED) is 0.570. The summed E-state index contributed by atoms with van der Waals surface area (Å²) < 4.78 is 5.29. The van der Waals surface area contributed by atoms with Gasteiger partial charge in [-0.05, 0) is 26.3 Å². The summed E-state index contributed by atoms with van der Waals surface area (Å²) >= 11 is 0. The summed E-state index contributed by atoms with van der Waals surface area (Å²) in [5.41, 5.74) is 3.21. The highest BCUT2D eigenvalue weighted by molar-refractivity contribution is 5.32. The summed E-state index contributed by atoms with van der Waals surface area (Å²) in [5.74, 6) is 0. The second kappa shape index (κ2) is 5.78. The van der Waals surface area contributed by atoms with Crippen LogP contribution in [0.5, 0.6) is 0 Å². The maximum absolute atomic E-state index is 5.29. The third-order valence-corrected chi connectivity index (χ3v) is 1.43. The topological polar surface area (TPSA) is 9.23 Å². The Morgan fingerprint density at radius 3 is 2.25 bits per heavy atom. The first kappa shape index (κ1) is 11.2. The highest BCUT2D eigenvalue weighted by Gasteiger charge is 1.97.